The lowest BCUT2D eigenvalue weighted by Gasteiger charge is -2.29. The third kappa shape index (κ3) is 4.68. The smallest absolute Gasteiger partial charge is 0.247 e. The van der Waals surface area contributed by atoms with Crippen LogP contribution in [0.15, 0.2) is 47.4 Å². The summed E-state index contributed by atoms with van der Waals surface area (Å²) in [7, 11) is -0.761. The Morgan fingerprint density at radius 2 is 1.94 bits per heavy atom. The minimum absolute atomic E-state index is 0.115. The zero-order valence-corrected chi connectivity index (χ0v) is 21.9. The molecule has 3 heterocycles. The lowest BCUT2D eigenvalue weighted by atomic mass is 10.2. The first-order chi connectivity index (χ1) is 17.4. The van der Waals surface area contributed by atoms with Gasteiger partial charge in [-0.15, -0.1) is 0 Å². The summed E-state index contributed by atoms with van der Waals surface area (Å²) in [6.45, 7) is 1.27. The molecule has 2 atom stereocenters. The van der Waals surface area contributed by atoms with Gasteiger partial charge in [0.25, 0.3) is 0 Å². The highest BCUT2D eigenvalue weighted by Crippen LogP contribution is 2.36. The topological polar surface area (TPSA) is 98.3 Å². The van der Waals surface area contributed by atoms with Gasteiger partial charge in [0.15, 0.2) is 5.13 Å². The minimum atomic E-state index is -3.87. The summed E-state index contributed by atoms with van der Waals surface area (Å²) in [5.41, 5.74) is 0.680. The summed E-state index contributed by atoms with van der Waals surface area (Å²) in [5.74, 6) is 0.916. The van der Waals surface area contributed by atoms with E-state index in [4.69, 9.17) is 19.2 Å². The van der Waals surface area contributed by atoms with Crippen molar-refractivity contribution in [2.45, 2.75) is 42.7 Å². The van der Waals surface area contributed by atoms with Gasteiger partial charge in [0.1, 0.15) is 23.1 Å². The van der Waals surface area contributed by atoms with Crippen LogP contribution < -0.4 is 14.4 Å². The Morgan fingerprint density at radius 3 is 2.64 bits per heavy atom. The Kier molecular flexibility index (Phi) is 7.16. The number of sulfonamides is 1. The Balaban J connectivity index is 1.48. The molecule has 2 aromatic carbocycles. The van der Waals surface area contributed by atoms with E-state index >= 15 is 0 Å². The first-order valence-corrected chi connectivity index (χ1v) is 14.2. The monoisotopic (exact) mass is 531 g/mol. The van der Waals surface area contributed by atoms with Gasteiger partial charge in [0, 0.05) is 13.2 Å². The molecule has 0 N–H and O–H groups in total. The number of methoxy groups -OCH3 is 2. The number of carbonyl (C=O) groups is 1. The van der Waals surface area contributed by atoms with Gasteiger partial charge in [-0.3, -0.25) is 9.69 Å². The number of fused-ring (bicyclic) bond motifs is 1. The van der Waals surface area contributed by atoms with Crippen molar-refractivity contribution in [3.63, 3.8) is 0 Å². The molecule has 0 radical (unpaired) electrons. The van der Waals surface area contributed by atoms with Crippen molar-refractivity contribution in [3.8, 4) is 11.5 Å². The average molecular weight is 532 g/mol. The zero-order valence-electron chi connectivity index (χ0n) is 20.3. The molecule has 0 aliphatic carbocycles. The van der Waals surface area contributed by atoms with Gasteiger partial charge in [-0.25, -0.2) is 13.4 Å². The molecular weight excluding hydrogens is 502 g/mol. The number of hydrogen-bond acceptors (Lipinski definition) is 8. The number of thiazole rings is 1. The van der Waals surface area contributed by atoms with Gasteiger partial charge in [0.2, 0.25) is 15.9 Å². The standard InChI is InChI=1S/C25H29N3O6S2/c1-32-17-10-12-19(13-11-17)36(30,31)28-14-4-7-20(28)24(29)27(16-18-6-5-15-34-18)25-26-23-21(33-2)8-3-9-22(23)35-25/h3,8-13,18,20H,4-7,14-16H2,1-2H3. The molecule has 2 unspecified atom stereocenters. The second-order valence-corrected chi connectivity index (χ2v) is 11.7. The van der Waals surface area contributed by atoms with E-state index in [1.165, 1.54) is 34.9 Å². The molecule has 2 fully saturated rings. The fraction of sp³-hybridized carbons (Fsp3) is 0.440. The highest BCUT2D eigenvalue weighted by Gasteiger charge is 2.42. The second kappa shape index (κ2) is 10.3. The number of amides is 1. The van der Waals surface area contributed by atoms with Crippen LogP contribution in [0.4, 0.5) is 5.13 Å². The van der Waals surface area contributed by atoms with E-state index < -0.39 is 16.1 Å². The fourth-order valence-corrected chi connectivity index (χ4v) is 7.43. The summed E-state index contributed by atoms with van der Waals surface area (Å²) < 4.78 is 45.7. The summed E-state index contributed by atoms with van der Waals surface area (Å²) in [6, 6.07) is 11.1. The van der Waals surface area contributed by atoms with Crippen molar-refractivity contribution in [1.29, 1.82) is 0 Å². The van der Waals surface area contributed by atoms with E-state index in [9.17, 15) is 13.2 Å². The second-order valence-electron chi connectivity index (χ2n) is 8.84. The quantitative estimate of drug-likeness (QED) is 0.437. The van der Waals surface area contributed by atoms with E-state index in [2.05, 4.69) is 0 Å². The van der Waals surface area contributed by atoms with Gasteiger partial charge in [-0.2, -0.15) is 4.31 Å². The fourth-order valence-electron chi connectivity index (χ4n) is 4.78. The molecule has 0 saturated carbocycles. The van der Waals surface area contributed by atoms with Crippen LogP contribution in [0.25, 0.3) is 10.2 Å². The molecule has 1 amide bonds. The minimum Gasteiger partial charge on any atom is -0.497 e. The van der Waals surface area contributed by atoms with Gasteiger partial charge in [-0.05, 0) is 62.1 Å². The van der Waals surface area contributed by atoms with Crippen molar-refractivity contribution in [3.05, 3.63) is 42.5 Å². The highest BCUT2D eigenvalue weighted by molar-refractivity contribution is 7.89. The Bertz CT molecular complexity index is 1340. The van der Waals surface area contributed by atoms with E-state index in [-0.39, 0.29) is 23.5 Å². The highest BCUT2D eigenvalue weighted by atomic mass is 32.2. The van der Waals surface area contributed by atoms with Crippen molar-refractivity contribution < 1.29 is 27.4 Å². The molecule has 1 aromatic heterocycles. The van der Waals surface area contributed by atoms with Crippen LogP contribution >= 0.6 is 11.3 Å². The first kappa shape index (κ1) is 24.9. The average Bonchev–Trinajstić information content (AvgIpc) is 3.67. The summed E-state index contributed by atoms with van der Waals surface area (Å²) in [5, 5.41) is 0.517. The van der Waals surface area contributed by atoms with Crippen molar-refractivity contribution in [2.24, 2.45) is 0 Å². The van der Waals surface area contributed by atoms with Crippen LogP contribution in [-0.2, 0) is 19.6 Å². The Hall–Kier alpha value is -2.73. The molecule has 5 rings (SSSR count). The summed E-state index contributed by atoms with van der Waals surface area (Å²) >= 11 is 1.39. The molecule has 9 nitrogen and oxygen atoms in total. The number of ether oxygens (including phenoxy) is 3. The normalized spacial score (nSPS) is 20.6. The van der Waals surface area contributed by atoms with Crippen LogP contribution in [0.1, 0.15) is 25.7 Å². The van der Waals surface area contributed by atoms with Crippen LogP contribution in [-0.4, -0.2) is 69.7 Å². The number of benzene rings is 2. The number of rotatable bonds is 8. The van der Waals surface area contributed by atoms with Crippen molar-refractivity contribution in [1.82, 2.24) is 9.29 Å². The van der Waals surface area contributed by atoms with Gasteiger partial charge in [0.05, 0.1) is 36.5 Å². The van der Waals surface area contributed by atoms with Gasteiger partial charge in [-0.1, -0.05) is 17.4 Å². The summed E-state index contributed by atoms with van der Waals surface area (Å²) in [4.78, 5) is 20.5. The third-order valence-electron chi connectivity index (χ3n) is 6.65. The molecule has 192 valence electrons. The first-order valence-electron chi connectivity index (χ1n) is 11.9. The number of carbonyl (C=O) groups excluding carboxylic acids is 1. The predicted octanol–water partition coefficient (Wildman–Crippen LogP) is 3.68. The number of aromatic nitrogens is 1. The van der Waals surface area contributed by atoms with E-state index in [0.717, 1.165) is 17.5 Å². The number of para-hydroxylation sites is 1. The number of anilines is 1. The van der Waals surface area contributed by atoms with Crippen LogP contribution in [0.2, 0.25) is 0 Å². The van der Waals surface area contributed by atoms with Crippen LogP contribution in [0.3, 0.4) is 0 Å². The van der Waals surface area contributed by atoms with E-state index in [1.54, 1.807) is 24.1 Å². The maximum absolute atomic E-state index is 14.0. The van der Waals surface area contributed by atoms with E-state index in [1.807, 2.05) is 18.2 Å². The van der Waals surface area contributed by atoms with Crippen LogP contribution in [0.5, 0.6) is 11.5 Å². The predicted molar refractivity (Wildman–Crippen MR) is 137 cm³/mol. The number of nitrogens with zero attached hydrogens (tertiary/aromatic N) is 3. The molecule has 2 aliphatic heterocycles. The SMILES string of the molecule is COc1ccc(S(=O)(=O)N2CCCC2C(=O)N(CC2CCCO2)c2nc3c(OC)cccc3s2)cc1. The van der Waals surface area contributed by atoms with Gasteiger partial charge >= 0.3 is 0 Å². The molecule has 3 aromatic rings. The summed E-state index contributed by atoms with van der Waals surface area (Å²) in [6.07, 6.45) is 2.71. The molecular formula is C25H29N3O6S2. The molecule has 0 spiro atoms. The number of hydrogen-bond donors (Lipinski definition) is 0. The maximum Gasteiger partial charge on any atom is 0.247 e. The van der Waals surface area contributed by atoms with Gasteiger partial charge < -0.3 is 14.2 Å². The van der Waals surface area contributed by atoms with Crippen molar-refractivity contribution >= 4 is 42.6 Å². The Labute approximate surface area is 214 Å². The molecule has 2 aliphatic rings. The zero-order chi connectivity index (χ0) is 25.3. The van der Waals surface area contributed by atoms with Crippen molar-refractivity contribution in [2.75, 3.05) is 38.8 Å². The molecule has 2 saturated heterocycles. The third-order valence-corrected chi connectivity index (χ3v) is 9.62. The molecule has 36 heavy (non-hydrogen) atoms. The largest absolute Gasteiger partial charge is 0.497 e. The molecule has 0 bridgehead atoms. The molecule has 11 heteroatoms. The lowest BCUT2D eigenvalue weighted by Crippen LogP contribution is -2.49. The maximum atomic E-state index is 14.0. The Morgan fingerprint density at radius 1 is 1.14 bits per heavy atom. The lowest BCUT2D eigenvalue weighted by molar-refractivity contribution is -0.122. The van der Waals surface area contributed by atoms with E-state index in [0.29, 0.717) is 48.1 Å². The van der Waals surface area contributed by atoms with Crippen LogP contribution in [0, 0.1) is 0 Å².